The molecule has 3 heterocycles. The van der Waals surface area contributed by atoms with Crippen molar-refractivity contribution in [1.29, 1.82) is 0 Å². The lowest BCUT2D eigenvalue weighted by atomic mass is 10.1. The van der Waals surface area contributed by atoms with E-state index >= 15 is 0 Å². The van der Waals surface area contributed by atoms with Crippen LogP contribution < -0.4 is 10.6 Å². The van der Waals surface area contributed by atoms with Crippen LogP contribution in [0.3, 0.4) is 0 Å². The summed E-state index contributed by atoms with van der Waals surface area (Å²) in [6.07, 6.45) is 6.04. The Kier molecular flexibility index (Phi) is 5.70. The maximum Gasteiger partial charge on any atom is 0.192 e. The molecule has 2 N–H and O–H groups in total. The first-order valence-corrected chi connectivity index (χ1v) is 9.79. The van der Waals surface area contributed by atoms with Gasteiger partial charge in [0.1, 0.15) is 17.9 Å². The lowest BCUT2D eigenvalue weighted by Crippen LogP contribution is -2.47. The van der Waals surface area contributed by atoms with Gasteiger partial charge in [0.25, 0.3) is 0 Å². The first-order chi connectivity index (χ1) is 13.8. The molecule has 0 bridgehead atoms. The number of hydrogen-bond acceptors (Lipinski definition) is 4. The number of rotatable bonds is 6. The van der Waals surface area contributed by atoms with E-state index in [0.717, 1.165) is 43.4 Å². The van der Waals surface area contributed by atoms with E-state index in [1.165, 1.54) is 5.56 Å². The molecule has 0 spiro atoms. The van der Waals surface area contributed by atoms with Crippen molar-refractivity contribution in [2.45, 2.75) is 44.8 Å². The third kappa shape index (κ3) is 4.60. The van der Waals surface area contributed by atoms with Gasteiger partial charge in [0.05, 0.1) is 18.8 Å². The molecule has 3 aromatic rings. The first-order valence-electron chi connectivity index (χ1n) is 9.79. The van der Waals surface area contributed by atoms with Crippen LogP contribution in [0.1, 0.15) is 36.5 Å². The quantitative estimate of drug-likeness (QED) is 0.509. The monoisotopic (exact) mass is 378 g/mol. The predicted molar refractivity (Wildman–Crippen MR) is 108 cm³/mol. The normalized spacial score (nSPS) is 17.8. The summed E-state index contributed by atoms with van der Waals surface area (Å²) >= 11 is 0. The highest BCUT2D eigenvalue weighted by Crippen LogP contribution is 2.13. The number of furan rings is 1. The Hall–Kier alpha value is -3.09. The van der Waals surface area contributed by atoms with Crippen LogP contribution in [0.25, 0.3) is 0 Å². The van der Waals surface area contributed by atoms with Crippen LogP contribution in [-0.2, 0) is 19.4 Å². The zero-order valence-corrected chi connectivity index (χ0v) is 16.1. The highest BCUT2D eigenvalue weighted by Gasteiger charge is 2.21. The maximum atomic E-state index is 5.42. The molecule has 0 saturated heterocycles. The number of aryl methyl sites for hydroxylation is 1. The molecular formula is C21H26N6O. The van der Waals surface area contributed by atoms with Crippen molar-refractivity contribution in [2.24, 2.45) is 4.99 Å². The van der Waals surface area contributed by atoms with E-state index in [-0.39, 0.29) is 12.1 Å². The average molecular weight is 378 g/mol. The molecule has 2 aromatic heterocycles. The van der Waals surface area contributed by atoms with Crippen molar-refractivity contribution >= 4 is 5.96 Å². The lowest BCUT2D eigenvalue weighted by molar-refractivity contribution is 0.391. The van der Waals surface area contributed by atoms with Crippen LogP contribution in [0, 0.1) is 0 Å². The number of nitrogens with one attached hydrogen (secondary N) is 2. The van der Waals surface area contributed by atoms with E-state index in [1.807, 2.05) is 22.9 Å². The molecule has 146 valence electrons. The smallest absolute Gasteiger partial charge is 0.192 e. The van der Waals surface area contributed by atoms with Crippen LogP contribution in [0.4, 0.5) is 0 Å². The van der Waals surface area contributed by atoms with Crippen molar-refractivity contribution in [2.75, 3.05) is 6.54 Å². The van der Waals surface area contributed by atoms with Gasteiger partial charge in [-0.05, 0) is 31.0 Å². The molecule has 0 saturated carbocycles. The van der Waals surface area contributed by atoms with Gasteiger partial charge in [0.15, 0.2) is 5.96 Å². The molecule has 0 aliphatic carbocycles. The van der Waals surface area contributed by atoms with Gasteiger partial charge in [0, 0.05) is 25.4 Å². The van der Waals surface area contributed by atoms with Gasteiger partial charge in [-0.1, -0.05) is 30.3 Å². The standard InChI is InChI=1S/C21H26N6O/c1-16(17-6-3-2-4-7-17)25-21(22-12-11-19-8-5-13-28-19)26-18-9-10-20-23-15-24-27(20)14-18/h2-8,13,15-16,18H,9-12,14H2,1H3,(H2,22,25,26). The van der Waals surface area contributed by atoms with Gasteiger partial charge in [-0.25, -0.2) is 9.67 Å². The molecule has 7 heteroatoms. The summed E-state index contributed by atoms with van der Waals surface area (Å²) in [7, 11) is 0. The number of benzene rings is 1. The number of fused-ring (bicyclic) bond motifs is 1. The summed E-state index contributed by atoms with van der Waals surface area (Å²) in [5.74, 6) is 2.82. The van der Waals surface area contributed by atoms with Gasteiger partial charge in [-0.3, -0.25) is 4.99 Å². The van der Waals surface area contributed by atoms with Gasteiger partial charge >= 0.3 is 0 Å². The fourth-order valence-electron chi connectivity index (χ4n) is 3.44. The summed E-state index contributed by atoms with van der Waals surface area (Å²) in [6.45, 7) is 3.61. The van der Waals surface area contributed by atoms with Crippen LogP contribution >= 0.6 is 0 Å². The topological polar surface area (TPSA) is 80.3 Å². The highest BCUT2D eigenvalue weighted by molar-refractivity contribution is 5.80. The third-order valence-electron chi connectivity index (χ3n) is 5.01. The Bertz CT molecular complexity index is 887. The second kappa shape index (κ2) is 8.73. The fraction of sp³-hybridized carbons (Fsp3) is 0.381. The maximum absolute atomic E-state index is 5.42. The Labute approximate surface area is 164 Å². The molecule has 2 unspecified atom stereocenters. The minimum atomic E-state index is 0.154. The summed E-state index contributed by atoms with van der Waals surface area (Å²) in [6, 6.07) is 14.7. The van der Waals surface area contributed by atoms with Crippen molar-refractivity contribution < 1.29 is 4.42 Å². The lowest BCUT2D eigenvalue weighted by Gasteiger charge is -2.27. The van der Waals surface area contributed by atoms with Gasteiger partial charge in [0.2, 0.25) is 0 Å². The number of guanidine groups is 1. The van der Waals surface area contributed by atoms with E-state index in [4.69, 9.17) is 9.41 Å². The predicted octanol–water partition coefficient (Wildman–Crippen LogP) is 2.73. The Morgan fingerprint density at radius 3 is 3.00 bits per heavy atom. The molecular weight excluding hydrogens is 352 g/mol. The molecule has 1 aliphatic heterocycles. The average Bonchev–Trinajstić information content (AvgIpc) is 3.40. The largest absolute Gasteiger partial charge is 0.469 e. The zero-order chi connectivity index (χ0) is 19.2. The van der Waals surface area contributed by atoms with Crippen molar-refractivity contribution in [3.63, 3.8) is 0 Å². The van der Waals surface area contributed by atoms with E-state index in [2.05, 4.69) is 51.9 Å². The van der Waals surface area contributed by atoms with Crippen LogP contribution in [0.5, 0.6) is 0 Å². The number of aliphatic imine (C=N–C) groups is 1. The Morgan fingerprint density at radius 2 is 2.18 bits per heavy atom. The molecule has 28 heavy (non-hydrogen) atoms. The molecule has 4 rings (SSSR count). The van der Waals surface area contributed by atoms with E-state index in [1.54, 1.807) is 12.6 Å². The molecule has 1 aliphatic rings. The number of nitrogens with zero attached hydrogens (tertiary/aromatic N) is 4. The fourth-order valence-corrected chi connectivity index (χ4v) is 3.44. The van der Waals surface area contributed by atoms with E-state index in [9.17, 15) is 0 Å². The molecule has 1 aromatic carbocycles. The van der Waals surface area contributed by atoms with Crippen molar-refractivity contribution in [3.05, 3.63) is 72.2 Å². The molecule has 7 nitrogen and oxygen atoms in total. The Balaban J connectivity index is 1.43. The highest BCUT2D eigenvalue weighted by atomic mass is 16.3. The molecule has 0 fully saturated rings. The summed E-state index contributed by atoms with van der Waals surface area (Å²) in [5.41, 5.74) is 1.23. The first kappa shape index (κ1) is 18.3. The third-order valence-corrected chi connectivity index (χ3v) is 5.01. The van der Waals surface area contributed by atoms with Gasteiger partial charge in [-0.2, -0.15) is 5.10 Å². The zero-order valence-electron chi connectivity index (χ0n) is 16.1. The summed E-state index contributed by atoms with van der Waals surface area (Å²) in [5, 5.41) is 11.4. The minimum absolute atomic E-state index is 0.154. The molecule has 2 atom stereocenters. The van der Waals surface area contributed by atoms with Gasteiger partial charge in [-0.15, -0.1) is 0 Å². The van der Waals surface area contributed by atoms with Crippen LogP contribution in [-0.4, -0.2) is 33.3 Å². The van der Waals surface area contributed by atoms with Crippen LogP contribution in [0.15, 0.2) is 64.5 Å². The van der Waals surface area contributed by atoms with E-state index < -0.39 is 0 Å². The van der Waals surface area contributed by atoms with Crippen LogP contribution in [0.2, 0.25) is 0 Å². The number of aromatic nitrogens is 3. The SMILES string of the molecule is CC(NC(=NCCc1ccco1)NC1CCc2ncnn2C1)c1ccccc1. The minimum Gasteiger partial charge on any atom is -0.469 e. The summed E-state index contributed by atoms with van der Waals surface area (Å²) < 4.78 is 7.39. The molecule has 0 radical (unpaired) electrons. The van der Waals surface area contributed by atoms with Gasteiger partial charge < -0.3 is 15.1 Å². The van der Waals surface area contributed by atoms with Crippen molar-refractivity contribution in [1.82, 2.24) is 25.4 Å². The summed E-state index contributed by atoms with van der Waals surface area (Å²) in [4.78, 5) is 9.10. The van der Waals surface area contributed by atoms with E-state index in [0.29, 0.717) is 6.54 Å². The Morgan fingerprint density at radius 1 is 1.29 bits per heavy atom. The number of hydrogen-bond donors (Lipinski definition) is 2. The second-order valence-corrected chi connectivity index (χ2v) is 7.07. The molecule has 0 amide bonds. The van der Waals surface area contributed by atoms with Crippen molar-refractivity contribution in [3.8, 4) is 0 Å². The second-order valence-electron chi connectivity index (χ2n) is 7.07.